The number of nitro benzene ring substituents is 1. The fourth-order valence-electron chi connectivity index (χ4n) is 2.93. The minimum absolute atomic E-state index is 0.132. The largest absolute Gasteiger partial charge is 0.276 e. The molecule has 142 valence electrons. The minimum Gasteiger partial charge on any atom is -0.267 e. The van der Waals surface area contributed by atoms with Crippen molar-refractivity contribution in [3.05, 3.63) is 89.3 Å². The van der Waals surface area contributed by atoms with Crippen LogP contribution in [0.1, 0.15) is 18.1 Å². The number of nitriles is 2. The zero-order valence-corrected chi connectivity index (χ0v) is 16.1. The molecule has 2 aromatic carbocycles. The highest BCUT2D eigenvalue weighted by molar-refractivity contribution is 7.07. The summed E-state index contributed by atoms with van der Waals surface area (Å²) in [7, 11) is 0. The Balaban J connectivity index is 2.46. The molecule has 0 aliphatic rings. The lowest BCUT2D eigenvalue weighted by atomic mass is 10.1. The predicted molar refractivity (Wildman–Crippen MR) is 110 cm³/mol. The molecular formula is C21H14N4O3S. The van der Waals surface area contributed by atoms with Gasteiger partial charge in [-0.25, -0.2) is 0 Å². The van der Waals surface area contributed by atoms with Crippen molar-refractivity contribution >= 4 is 28.7 Å². The summed E-state index contributed by atoms with van der Waals surface area (Å²) in [5.74, 6) is 0. The summed E-state index contributed by atoms with van der Waals surface area (Å²) in [6.45, 7) is 1.94. The quantitative estimate of drug-likeness (QED) is 0.491. The van der Waals surface area contributed by atoms with Crippen LogP contribution in [-0.4, -0.2) is 9.49 Å². The molecule has 0 atom stereocenters. The summed E-state index contributed by atoms with van der Waals surface area (Å²) in [6.07, 6.45) is 2.07. The Morgan fingerprint density at radius 2 is 1.83 bits per heavy atom. The van der Waals surface area contributed by atoms with Crippen LogP contribution in [0.2, 0.25) is 0 Å². The Bertz CT molecular complexity index is 1350. The van der Waals surface area contributed by atoms with Crippen LogP contribution in [0.5, 0.6) is 0 Å². The highest BCUT2D eigenvalue weighted by atomic mass is 32.1. The second-order valence-corrected chi connectivity index (χ2v) is 6.98. The molecule has 0 amide bonds. The molecule has 0 spiro atoms. The maximum Gasteiger partial charge on any atom is 0.276 e. The van der Waals surface area contributed by atoms with Gasteiger partial charge in [0.25, 0.3) is 11.2 Å². The number of benzene rings is 2. The molecule has 7 nitrogen and oxygen atoms in total. The third-order valence-electron chi connectivity index (χ3n) is 4.29. The number of hydrogen-bond donors (Lipinski definition) is 0. The van der Waals surface area contributed by atoms with E-state index < -0.39 is 10.5 Å². The maximum atomic E-state index is 13.2. The van der Waals surface area contributed by atoms with E-state index in [1.54, 1.807) is 30.3 Å². The van der Waals surface area contributed by atoms with Gasteiger partial charge in [-0.05, 0) is 30.2 Å². The number of hydrogen-bond acceptors (Lipinski definition) is 6. The second kappa shape index (κ2) is 8.34. The van der Waals surface area contributed by atoms with Crippen LogP contribution < -0.4 is 14.8 Å². The van der Waals surface area contributed by atoms with E-state index in [0.717, 1.165) is 16.9 Å². The molecule has 0 N–H and O–H groups in total. The highest BCUT2D eigenvalue weighted by Crippen LogP contribution is 2.18. The van der Waals surface area contributed by atoms with E-state index >= 15 is 0 Å². The van der Waals surface area contributed by atoms with Crippen molar-refractivity contribution in [3.63, 3.8) is 0 Å². The first-order valence-corrected chi connectivity index (χ1v) is 9.43. The molecule has 0 fully saturated rings. The average Bonchev–Trinajstić information content (AvgIpc) is 3.05. The van der Waals surface area contributed by atoms with E-state index in [4.69, 9.17) is 0 Å². The summed E-state index contributed by atoms with van der Waals surface area (Å²) in [5, 5.41) is 30.0. The van der Waals surface area contributed by atoms with Crippen LogP contribution in [0, 0.1) is 32.8 Å². The average molecular weight is 402 g/mol. The van der Waals surface area contributed by atoms with E-state index in [1.165, 1.54) is 16.7 Å². The van der Waals surface area contributed by atoms with Gasteiger partial charge in [-0.2, -0.15) is 10.5 Å². The third-order valence-corrected chi connectivity index (χ3v) is 5.39. The number of rotatable bonds is 4. The van der Waals surface area contributed by atoms with Gasteiger partial charge in [0.05, 0.1) is 20.7 Å². The number of nitrogens with zero attached hydrogens (tertiary/aromatic N) is 4. The monoisotopic (exact) mass is 402 g/mol. The van der Waals surface area contributed by atoms with E-state index in [0.29, 0.717) is 12.1 Å². The van der Waals surface area contributed by atoms with Gasteiger partial charge in [-0.1, -0.05) is 37.3 Å². The molecule has 0 radical (unpaired) electrons. The van der Waals surface area contributed by atoms with Gasteiger partial charge in [0.15, 0.2) is 5.57 Å². The number of aryl methyl sites for hydroxylation is 1. The van der Waals surface area contributed by atoms with Gasteiger partial charge >= 0.3 is 0 Å². The zero-order chi connectivity index (χ0) is 21.0. The van der Waals surface area contributed by atoms with Gasteiger partial charge < -0.3 is 0 Å². The number of nitro groups is 1. The molecular weight excluding hydrogens is 388 g/mol. The van der Waals surface area contributed by atoms with Gasteiger partial charge in [-0.15, -0.1) is 11.3 Å². The van der Waals surface area contributed by atoms with Gasteiger partial charge in [0.1, 0.15) is 16.8 Å². The molecule has 1 aromatic heterocycles. The number of aromatic nitrogens is 1. The lowest BCUT2D eigenvalue weighted by Crippen LogP contribution is -2.31. The Kier molecular flexibility index (Phi) is 5.68. The first-order valence-electron chi connectivity index (χ1n) is 8.61. The van der Waals surface area contributed by atoms with Crippen LogP contribution in [0.4, 0.5) is 5.69 Å². The second-order valence-electron chi connectivity index (χ2n) is 5.95. The molecule has 3 aromatic rings. The van der Waals surface area contributed by atoms with Crippen LogP contribution in [0.15, 0.2) is 53.3 Å². The third kappa shape index (κ3) is 3.70. The molecule has 8 heteroatoms. The molecule has 0 saturated heterocycles. The van der Waals surface area contributed by atoms with Crippen molar-refractivity contribution < 1.29 is 4.92 Å². The topological polar surface area (TPSA) is 113 Å². The fraction of sp³-hybridized carbons (Fsp3) is 0.0952. The SMILES string of the molecule is CCc1ccccc1-n1c(=C(C#N)C#N)s/c(=C/c2ccccc2[N+](=O)[O-])c1=O. The van der Waals surface area contributed by atoms with Crippen LogP contribution in [-0.2, 0) is 6.42 Å². The van der Waals surface area contributed by atoms with Crippen LogP contribution >= 0.6 is 11.3 Å². The molecule has 3 rings (SSSR count). The summed E-state index contributed by atoms with van der Waals surface area (Å²) in [5.41, 5.74) is 0.964. The van der Waals surface area contributed by atoms with E-state index in [9.17, 15) is 25.4 Å². The van der Waals surface area contributed by atoms with Crippen molar-refractivity contribution in [3.8, 4) is 17.8 Å². The van der Waals surface area contributed by atoms with Crippen molar-refractivity contribution in [1.29, 1.82) is 10.5 Å². The normalized spacial score (nSPS) is 10.9. The molecule has 0 aliphatic carbocycles. The number of para-hydroxylation sites is 2. The molecule has 29 heavy (non-hydrogen) atoms. The van der Waals surface area contributed by atoms with Crippen LogP contribution in [0.3, 0.4) is 0 Å². The lowest BCUT2D eigenvalue weighted by Gasteiger charge is -2.08. The lowest BCUT2D eigenvalue weighted by molar-refractivity contribution is -0.385. The van der Waals surface area contributed by atoms with Gasteiger partial charge in [0, 0.05) is 6.07 Å². The summed E-state index contributed by atoms with van der Waals surface area (Å²) >= 11 is 0.963. The van der Waals surface area contributed by atoms with Crippen molar-refractivity contribution in [2.45, 2.75) is 13.3 Å². The Morgan fingerprint density at radius 1 is 1.17 bits per heavy atom. The molecule has 0 saturated carbocycles. The Morgan fingerprint density at radius 3 is 2.48 bits per heavy atom. The van der Waals surface area contributed by atoms with Crippen molar-refractivity contribution in [2.24, 2.45) is 0 Å². The maximum absolute atomic E-state index is 13.2. The Hall–Kier alpha value is -4.01. The number of thiazole rings is 1. The van der Waals surface area contributed by atoms with Gasteiger partial charge in [-0.3, -0.25) is 19.5 Å². The first kappa shape index (κ1) is 19.7. The van der Waals surface area contributed by atoms with Crippen molar-refractivity contribution in [1.82, 2.24) is 4.57 Å². The van der Waals surface area contributed by atoms with Gasteiger partial charge in [0.2, 0.25) is 0 Å². The van der Waals surface area contributed by atoms with Crippen molar-refractivity contribution in [2.75, 3.05) is 0 Å². The summed E-state index contributed by atoms with van der Waals surface area (Å²) in [4.78, 5) is 24.0. The molecule has 0 aliphatic heterocycles. The zero-order valence-electron chi connectivity index (χ0n) is 15.3. The standard InChI is InChI=1S/C21H14N4O3S/c1-2-14-7-3-5-9-17(14)24-20(26)19(29-21(24)16(12-22)13-23)11-15-8-4-6-10-18(15)25(27)28/h3-11H,2H2,1H3/b19-11+. The summed E-state index contributed by atoms with van der Waals surface area (Å²) in [6, 6.07) is 17.0. The fourth-order valence-corrected chi connectivity index (χ4v) is 3.97. The Labute approximate surface area is 169 Å². The molecule has 1 heterocycles. The molecule has 0 unspecified atom stereocenters. The molecule has 0 bridgehead atoms. The predicted octanol–water partition coefficient (Wildman–Crippen LogP) is 2.40. The van der Waals surface area contributed by atoms with Crippen LogP contribution in [0.25, 0.3) is 17.3 Å². The van der Waals surface area contributed by atoms with E-state index in [-0.39, 0.29) is 26.0 Å². The van der Waals surface area contributed by atoms with E-state index in [2.05, 4.69) is 0 Å². The highest BCUT2D eigenvalue weighted by Gasteiger charge is 2.15. The van der Waals surface area contributed by atoms with E-state index in [1.807, 2.05) is 31.2 Å². The first-order chi connectivity index (χ1) is 14.0. The minimum atomic E-state index is -0.520. The summed E-state index contributed by atoms with van der Waals surface area (Å²) < 4.78 is 1.74. The smallest absolute Gasteiger partial charge is 0.267 e.